The van der Waals surface area contributed by atoms with Gasteiger partial charge in [-0.15, -0.1) is 0 Å². The second kappa shape index (κ2) is 6.22. The third-order valence-corrected chi connectivity index (χ3v) is 4.01. The van der Waals surface area contributed by atoms with Crippen molar-refractivity contribution in [2.24, 2.45) is 0 Å². The molecule has 0 spiro atoms. The Hall–Kier alpha value is -1.94. The van der Waals surface area contributed by atoms with Crippen LogP contribution < -0.4 is 10.2 Å². The van der Waals surface area contributed by atoms with Crippen molar-refractivity contribution in [1.29, 1.82) is 0 Å². The molecule has 0 saturated carbocycles. The minimum Gasteiger partial charge on any atom is -0.313 e. The molecule has 1 unspecified atom stereocenters. The molecule has 1 aromatic heterocycles. The van der Waals surface area contributed by atoms with Crippen molar-refractivity contribution in [3.05, 3.63) is 47.8 Å². The predicted molar refractivity (Wildman–Crippen MR) is 85.8 cm³/mol. The molecule has 1 aromatic carbocycles. The van der Waals surface area contributed by atoms with Crippen molar-refractivity contribution >= 4 is 11.6 Å². The van der Waals surface area contributed by atoms with Crippen LogP contribution in [0.15, 0.2) is 36.7 Å². The minimum atomic E-state index is 0.430. The summed E-state index contributed by atoms with van der Waals surface area (Å²) in [7, 11) is 0. The van der Waals surface area contributed by atoms with Gasteiger partial charge in [-0.3, -0.25) is 0 Å². The molecule has 0 amide bonds. The highest BCUT2D eigenvalue weighted by Gasteiger charge is 2.25. The molecule has 2 aromatic rings. The summed E-state index contributed by atoms with van der Waals surface area (Å²) < 4.78 is 0. The summed E-state index contributed by atoms with van der Waals surface area (Å²) >= 11 is 0. The van der Waals surface area contributed by atoms with Crippen LogP contribution in [0, 0.1) is 0 Å². The van der Waals surface area contributed by atoms with Gasteiger partial charge in [-0.1, -0.05) is 25.1 Å². The lowest BCUT2D eigenvalue weighted by atomic mass is 9.97. The molecular weight excluding hydrogens is 260 g/mol. The Morgan fingerprint density at radius 1 is 1.24 bits per heavy atom. The Labute approximate surface area is 126 Å². The Morgan fingerprint density at radius 3 is 2.76 bits per heavy atom. The van der Waals surface area contributed by atoms with Crippen LogP contribution in [0.25, 0.3) is 0 Å². The Bertz CT molecular complexity index is 594. The van der Waals surface area contributed by atoms with Crippen molar-refractivity contribution in [2.45, 2.75) is 39.3 Å². The van der Waals surface area contributed by atoms with Crippen molar-refractivity contribution < 1.29 is 0 Å². The van der Waals surface area contributed by atoms with Crippen LogP contribution in [0.3, 0.4) is 0 Å². The zero-order valence-corrected chi connectivity index (χ0v) is 12.7. The summed E-state index contributed by atoms with van der Waals surface area (Å²) in [5.74, 6) is 0.801. The summed E-state index contributed by atoms with van der Waals surface area (Å²) in [6, 6.07) is 8.99. The quantitative estimate of drug-likeness (QED) is 0.935. The smallest absolute Gasteiger partial charge is 0.230 e. The average molecular weight is 282 g/mol. The van der Waals surface area contributed by atoms with Gasteiger partial charge in [0.15, 0.2) is 0 Å². The summed E-state index contributed by atoms with van der Waals surface area (Å²) in [5.41, 5.74) is 3.75. The zero-order chi connectivity index (χ0) is 14.7. The second-order valence-corrected chi connectivity index (χ2v) is 5.56. The molecule has 4 nitrogen and oxygen atoms in total. The monoisotopic (exact) mass is 282 g/mol. The maximum Gasteiger partial charge on any atom is 0.230 e. The van der Waals surface area contributed by atoms with Crippen molar-refractivity contribution in [1.82, 2.24) is 15.3 Å². The SMILES string of the molecule is CCNCc1cnc(N2c3ccccc3CCC2C)nc1. The molecule has 3 rings (SSSR count). The number of aromatic nitrogens is 2. The van der Waals surface area contributed by atoms with Gasteiger partial charge in [0, 0.05) is 36.2 Å². The molecule has 2 heterocycles. The van der Waals surface area contributed by atoms with E-state index in [1.165, 1.54) is 11.3 Å². The van der Waals surface area contributed by atoms with Crippen LogP contribution in [0.1, 0.15) is 31.4 Å². The van der Waals surface area contributed by atoms with E-state index in [2.05, 4.69) is 58.3 Å². The molecule has 0 fully saturated rings. The highest BCUT2D eigenvalue weighted by Crippen LogP contribution is 2.34. The maximum atomic E-state index is 4.58. The number of aryl methyl sites for hydroxylation is 1. The molecule has 4 heteroatoms. The summed E-state index contributed by atoms with van der Waals surface area (Å²) in [6.45, 7) is 6.12. The molecule has 0 saturated heterocycles. The molecule has 110 valence electrons. The summed E-state index contributed by atoms with van der Waals surface area (Å²) in [4.78, 5) is 11.4. The first-order valence-electron chi connectivity index (χ1n) is 7.68. The molecular formula is C17H22N4. The number of benzene rings is 1. The first kappa shape index (κ1) is 14.0. The van der Waals surface area contributed by atoms with Crippen molar-refractivity contribution in [3.63, 3.8) is 0 Å². The van der Waals surface area contributed by atoms with Crippen LogP contribution in [0.2, 0.25) is 0 Å². The average Bonchev–Trinajstić information content (AvgIpc) is 2.53. The van der Waals surface area contributed by atoms with Gasteiger partial charge in [-0.05, 0) is 37.9 Å². The molecule has 1 aliphatic rings. The molecule has 0 bridgehead atoms. The predicted octanol–water partition coefficient (Wildman–Crippen LogP) is 3.06. The van der Waals surface area contributed by atoms with Gasteiger partial charge in [0.05, 0.1) is 0 Å². The van der Waals surface area contributed by atoms with E-state index >= 15 is 0 Å². The fourth-order valence-corrected chi connectivity index (χ4v) is 2.83. The number of hydrogen-bond donors (Lipinski definition) is 1. The van der Waals surface area contributed by atoms with Crippen molar-refractivity contribution in [3.8, 4) is 0 Å². The first-order chi connectivity index (χ1) is 10.3. The number of anilines is 2. The highest BCUT2D eigenvalue weighted by molar-refractivity contribution is 5.64. The van der Waals surface area contributed by atoms with E-state index in [-0.39, 0.29) is 0 Å². The van der Waals surface area contributed by atoms with Crippen LogP contribution in [0.4, 0.5) is 11.6 Å². The minimum absolute atomic E-state index is 0.430. The Morgan fingerprint density at radius 2 is 2.00 bits per heavy atom. The number of hydrogen-bond acceptors (Lipinski definition) is 4. The van der Waals surface area contributed by atoms with E-state index in [4.69, 9.17) is 0 Å². The fourth-order valence-electron chi connectivity index (χ4n) is 2.83. The van der Waals surface area contributed by atoms with E-state index < -0.39 is 0 Å². The molecule has 1 atom stereocenters. The highest BCUT2D eigenvalue weighted by atomic mass is 15.3. The van der Waals surface area contributed by atoms with Crippen LogP contribution in [0.5, 0.6) is 0 Å². The first-order valence-corrected chi connectivity index (χ1v) is 7.68. The summed E-state index contributed by atoms with van der Waals surface area (Å²) in [5, 5.41) is 3.29. The van der Waals surface area contributed by atoms with Gasteiger partial charge in [0.2, 0.25) is 5.95 Å². The lowest BCUT2D eigenvalue weighted by Gasteiger charge is -2.35. The molecule has 0 radical (unpaired) electrons. The van der Waals surface area contributed by atoms with Gasteiger partial charge < -0.3 is 10.2 Å². The normalized spacial score (nSPS) is 17.6. The molecule has 1 aliphatic heterocycles. The van der Waals surface area contributed by atoms with Crippen molar-refractivity contribution in [2.75, 3.05) is 11.4 Å². The lowest BCUT2D eigenvalue weighted by molar-refractivity contribution is 0.606. The lowest BCUT2D eigenvalue weighted by Crippen LogP contribution is -2.34. The third-order valence-electron chi connectivity index (χ3n) is 4.01. The largest absolute Gasteiger partial charge is 0.313 e. The van der Waals surface area contributed by atoms with Gasteiger partial charge in [-0.25, -0.2) is 9.97 Å². The number of fused-ring (bicyclic) bond motifs is 1. The number of rotatable bonds is 4. The van der Waals surface area contributed by atoms with Gasteiger partial charge in [0.1, 0.15) is 0 Å². The summed E-state index contributed by atoms with van der Waals surface area (Å²) in [6.07, 6.45) is 6.12. The number of para-hydroxylation sites is 1. The van der Waals surface area contributed by atoms with E-state index in [1.807, 2.05) is 12.4 Å². The molecule has 1 N–H and O–H groups in total. The molecule has 0 aliphatic carbocycles. The van der Waals surface area contributed by atoms with E-state index in [1.54, 1.807) is 0 Å². The topological polar surface area (TPSA) is 41.1 Å². The maximum absolute atomic E-state index is 4.58. The van der Waals surface area contributed by atoms with Gasteiger partial charge in [-0.2, -0.15) is 0 Å². The Balaban J connectivity index is 1.89. The van der Waals surface area contributed by atoms with E-state index in [0.29, 0.717) is 6.04 Å². The zero-order valence-electron chi connectivity index (χ0n) is 12.7. The van der Waals surface area contributed by atoms with Crippen LogP contribution in [-0.2, 0) is 13.0 Å². The van der Waals surface area contributed by atoms with E-state index in [9.17, 15) is 0 Å². The fraction of sp³-hybridized carbons (Fsp3) is 0.412. The van der Waals surface area contributed by atoms with E-state index in [0.717, 1.165) is 37.4 Å². The van der Waals surface area contributed by atoms with Crippen LogP contribution in [-0.4, -0.2) is 22.6 Å². The number of nitrogens with zero attached hydrogens (tertiary/aromatic N) is 3. The molecule has 21 heavy (non-hydrogen) atoms. The standard InChI is InChI=1S/C17H22N4/c1-3-18-10-14-11-19-17(20-12-14)21-13(2)8-9-15-6-4-5-7-16(15)21/h4-7,11-13,18H,3,8-10H2,1-2H3. The number of nitrogens with one attached hydrogen (secondary N) is 1. The van der Waals surface area contributed by atoms with Crippen LogP contribution >= 0.6 is 0 Å². The van der Waals surface area contributed by atoms with Gasteiger partial charge >= 0.3 is 0 Å². The Kier molecular flexibility index (Phi) is 4.15. The second-order valence-electron chi connectivity index (χ2n) is 5.56. The third kappa shape index (κ3) is 2.90. The van der Waals surface area contributed by atoms with Gasteiger partial charge in [0.25, 0.3) is 0 Å².